The molecule has 3 rings (SSSR count). The Bertz CT molecular complexity index is 640. The van der Waals surface area contributed by atoms with E-state index in [9.17, 15) is 10.1 Å². The van der Waals surface area contributed by atoms with Crippen LogP contribution < -0.4 is 4.90 Å². The molecule has 4 nitrogen and oxygen atoms in total. The van der Waals surface area contributed by atoms with Gasteiger partial charge in [-0.2, -0.15) is 0 Å². The van der Waals surface area contributed by atoms with Gasteiger partial charge < -0.3 is 4.90 Å². The third-order valence-electron chi connectivity index (χ3n) is 3.57. The molecule has 0 bridgehead atoms. The van der Waals surface area contributed by atoms with Gasteiger partial charge >= 0.3 is 0 Å². The second-order valence-electron chi connectivity index (χ2n) is 5.02. The molecule has 5 heteroatoms. The molecular weight excluding hydrogens is 284 g/mol. The maximum absolute atomic E-state index is 11.2. The van der Waals surface area contributed by atoms with Gasteiger partial charge in [-0.25, -0.2) is 0 Å². The van der Waals surface area contributed by atoms with E-state index in [1.165, 1.54) is 0 Å². The van der Waals surface area contributed by atoms with Gasteiger partial charge in [0.05, 0.1) is 4.92 Å². The number of hydrogen-bond donors (Lipinski definition) is 0. The summed E-state index contributed by atoms with van der Waals surface area (Å²) in [5.41, 5.74) is 0.952. The zero-order chi connectivity index (χ0) is 14.7. The fourth-order valence-corrected chi connectivity index (χ4v) is 3.43. The molecule has 1 fully saturated rings. The molecule has 0 unspecified atom stereocenters. The third kappa shape index (κ3) is 3.19. The van der Waals surface area contributed by atoms with Crippen molar-refractivity contribution in [1.82, 2.24) is 0 Å². The van der Waals surface area contributed by atoms with E-state index < -0.39 is 0 Å². The molecule has 1 heterocycles. The topological polar surface area (TPSA) is 46.4 Å². The molecular formula is C16H16N2O2S. The fourth-order valence-electron chi connectivity index (χ4n) is 2.56. The van der Waals surface area contributed by atoms with Gasteiger partial charge in [-0.1, -0.05) is 30.0 Å². The smallest absolute Gasteiger partial charge is 0.292 e. The van der Waals surface area contributed by atoms with Gasteiger partial charge in [-0.15, -0.1) is 0 Å². The summed E-state index contributed by atoms with van der Waals surface area (Å²) in [4.78, 5) is 15.2. The molecule has 0 amide bonds. The Hall–Kier alpha value is -2.01. The van der Waals surface area contributed by atoms with Crippen LogP contribution in [0.1, 0.15) is 12.8 Å². The summed E-state index contributed by atoms with van der Waals surface area (Å²) >= 11 is 1.63. The van der Waals surface area contributed by atoms with E-state index in [-0.39, 0.29) is 10.6 Å². The molecule has 21 heavy (non-hydrogen) atoms. The highest BCUT2D eigenvalue weighted by atomic mass is 32.2. The molecule has 0 N–H and O–H groups in total. The Kier molecular flexibility index (Phi) is 4.10. The van der Waals surface area contributed by atoms with Crippen LogP contribution in [0.5, 0.6) is 0 Å². The summed E-state index contributed by atoms with van der Waals surface area (Å²) in [6.07, 6.45) is 2.21. The second kappa shape index (κ2) is 6.18. The summed E-state index contributed by atoms with van der Waals surface area (Å²) in [5.74, 6) is 0. The molecule has 0 aromatic heterocycles. The quantitative estimate of drug-likeness (QED) is 0.622. The van der Waals surface area contributed by atoms with E-state index in [4.69, 9.17) is 0 Å². The number of rotatable bonds is 4. The van der Waals surface area contributed by atoms with Crippen molar-refractivity contribution < 1.29 is 4.92 Å². The van der Waals surface area contributed by atoms with Gasteiger partial charge in [0, 0.05) is 28.9 Å². The highest BCUT2D eigenvalue weighted by Crippen LogP contribution is 2.36. The molecule has 2 aromatic carbocycles. The molecule has 108 valence electrons. The minimum absolute atomic E-state index is 0.203. The Balaban J connectivity index is 1.92. The van der Waals surface area contributed by atoms with E-state index in [0.29, 0.717) is 0 Å². The Morgan fingerprint density at radius 1 is 1.00 bits per heavy atom. The first kappa shape index (κ1) is 13.9. The lowest BCUT2D eigenvalue weighted by Crippen LogP contribution is -2.18. The van der Waals surface area contributed by atoms with Crippen LogP contribution in [0.3, 0.4) is 0 Å². The van der Waals surface area contributed by atoms with Gasteiger partial charge in [-0.05, 0) is 37.1 Å². The second-order valence-corrected chi connectivity index (χ2v) is 6.16. The molecule has 0 radical (unpaired) electrons. The maximum Gasteiger partial charge on any atom is 0.292 e. The van der Waals surface area contributed by atoms with Crippen LogP contribution in [0.25, 0.3) is 0 Å². The SMILES string of the molecule is O=[N+]([O-])c1ccc(Sc2ccccc2)cc1N1CCCC1. The largest absolute Gasteiger partial charge is 0.366 e. The highest BCUT2D eigenvalue weighted by molar-refractivity contribution is 7.99. The predicted molar refractivity (Wildman–Crippen MR) is 85.1 cm³/mol. The first-order chi connectivity index (χ1) is 10.2. The highest BCUT2D eigenvalue weighted by Gasteiger charge is 2.22. The molecule has 0 atom stereocenters. The Morgan fingerprint density at radius 2 is 1.71 bits per heavy atom. The van der Waals surface area contributed by atoms with E-state index in [0.717, 1.165) is 41.4 Å². The van der Waals surface area contributed by atoms with Gasteiger partial charge in [0.25, 0.3) is 5.69 Å². The predicted octanol–water partition coefficient (Wildman–Crippen LogP) is 4.35. The summed E-state index contributed by atoms with van der Waals surface area (Å²) in [6.45, 7) is 1.81. The average Bonchev–Trinajstić information content (AvgIpc) is 3.02. The molecule has 0 aliphatic carbocycles. The first-order valence-electron chi connectivity index (χ1n) is 7.00. The molecule has 1 aliphatic rings. The number of benzene rings is 2. The average molecular weight is 300 g/mol. The first-order valence-corrected chi connectivity index (χ1v) is 7.82. The third-order valence-corrected chi connectivity index (χ3v) is 4.57. The lowest BCUT2D eigenvalue weighted by atomic mass is 10.2. The van der Waals surface area contributed by atoms with Crippen molar-refractivity contribution in [1.29, 1.82) is 0 Å². The number of anilines is 1. The maximum atomic E-state index is 11.2. The molecule has 2 aromatic rings. The van der Waals surface area contributed by atoms with Crippen LogP contribution in [0.4, 0.5) is 11.4 Å². The molecule has 1 aliphatic heterocycles. The van der Waals surface area contributed by atoms with E-state index in [2.05, 4.69) is 4.90 Å². The van der Waals surface area contributed by atoms with Crippen LogP contribution in [-0.4, -0.2) is 18.0 Å². The summed E-state index contributed by atoms with van der Waals surface area (Å²) < 4.78 is 0. The van der Waals surface area contributed by atoms with Crippen molar-refractivity contribution in [2.24, 2.45) is 0 Å². The monoisotopic (exact) mass is 300 g/mol. The van der Waals surface area contributed by atoms with Crippen molar-refractivity contribution in [3.8, 4) is 0 Å². The number of nitro groups is 1. The van der Waals surface area contributed by atoms with Crippen molar-refractivity contribution >= 4 is 23.1 Å². The lowest BCUT2D eigenvalue weighted by molar-refractivity contribution is -0.384. The van der Waals surface area contributed by atoms with Gasteiger partial charge in [0.1, 0.15) is 5.69 Å². The van der Waals surface area contributed by atoms with Gasteiger partial charge in [0.15, 0.2) is 0 Å². The van der Waals surface area contributed by atoms with E-state index >= 15 is 0 Å². The van der Waals surface area contributed by atoms with Crippen LogP contribution in [0.2, 0.25) is 0 Å². The normalized spacial score (nSPS) is 14.4. The molecule has 0 spiro atoms. The zero-order valence-corrected chi connectivity index (χ0v) is 12.4. The van der Waals surface area contributed by atoms with Crippen LogP contribution in [-0.2, 0) is 0 Å². The van der Waals surface area contributed by atoms with Gasteiger partial charge in [-0.3, -0.25) is 10.1 Å². The van der Waals surface area contributed by atoms with Crippen molar-refractivity contribution in [2.45, 2.75) is 22.6 Å². The number of nitro benzene ring substituents is 1. The van der Waals surface area contributed by atoms with Crippen LogP contribution in [0, 0.1) is 10.1 Å². The minimum Gasteiger partial charge on any atom is -0.366 e. The number of nitrogens with zero attached hydrogens (tertiary/aromatic N) is 2. The molecule has 0 saturated carbocycles. The summed E-state index contributed by atoms with van der Waals surface area (Å²) in [7, 11) is 0. The fraction of sp³-hybridized carbons (Fsp3) is 0.250. The van der Waals surface area contributed by atoms with Gasteiger partial charge in [0.2, 0.25) is 0 Å². The van der Waals surface area contributed by atoms with E-state index in [1.807, 2.05) is 42.5 Å². The summed E-state index contributed by atoms with van der Waals surface area (Å²) in [5, 5.41) is 11.2. The van der Waals surface area contributed by atoms with Crippen molar-refractivity contribution in [3.63, 3.8) is 0 Å². The Labute approximate surface area is 127 Å². The van der Waals surface area contributed by atoms with Crippen LogP contribution in [0.15, 0.2) is 58.3 Å². The van der Waals surface area contributed by atoms with Crippen molar-refractivity contribution in [2.75, 3.05) is 18.0 Å². The summed E-state index contributed by atoms with van der Waals surface area (Å²) in [6, 6.07) is 15.5. The Morgan fingerprint density at radius 3 is 2.38 bits per heavy atom. The molecule has 1 saturated heterocycles. The zero-order valence-electron chi connectivity index (χ0n) is 11.6. The van der Waals surface area contributed by atoms with Crippen LogP contribution >= 0.6 is 11.8 Å². The van der Waals surface area contributed by atoms with E-state index in [1.54, 1.807) is 17.8 Å². The lowest BCUT2D eigenvalue weighted by Gasteiger charge is -2.18. The standard InChI is InChI=1S/C16H16N2O2S/c19-18(20)15-9-8-14(21-13-6-2-1-3-7-13)12-16(15)17-10-4-5-11-17/h1-3,6-9,12H,4-5,10-11H2. The van der Waals surface area contributed by atoms with Crippen molar-refractivity contribution in [3.05, 3.63) is 58.6 Å². The minimum atomic E-state index is -0.287. The number of hydrogen-bond acceptors (Lipinski definition) is 4.